The number of para-hydroxylation sites is 2. The van der Waals surface area contributed by atoms with Crippen LogP contribution in [0.15, 0.2) is 36.4 Å². The molecule has 2 atom stereocenters. The van der Waals surface area contributed by atoms with Gasteiger partial charge in [0, 0.05) is 9.75 Å². The van der Waals surface area contributed by atoms with Gasteiger partial charge in [0.25, 0.3) is 0 Å². The highest BCUT2D eigenvalue weighted by Crippen LogP contribution is 2.38. The van der Waals surface area contributed by atoms with Gasteiger partial charge in [0.05, 0.1) is 0 Å². The maximum atomic E-state index is 6.47. The number of hydrogen-bond acceptors (Lipinski definition) is 3. The molecule has 4 heteroatoms. The Morgan fingerprint density at radius 2 is 2.00 bits per heavy atom. The van der Waals surface area contributed by atoms with Gasteiger partial charge in [-0.15, -0.1) is 22.9 Å². The number of aryl methyl sites for hydroxylation is 1. The Labute approximate surface area is 115 Å². The van der Waals surface area contributed by atoms with E-state index >= 15 is 0 Å². The van der Waals surface area contributed by atoms with Crippen LogP contribution in [0, 0.1) is 6.92 Å². The molecule has 0 N–H and O–H groups in total. The van der Waals surface area contributed by atoms with E-state index < -0.39 is 0 Å². The molecular formula is C14H13ClO2S. The molecule has 2 aromatic rings. The highest BCUT2D eigenvalue weighted by molar-refractivity contribution is 7.12. The van der Waals surface area contributed by atoms with Crippen LogP contribution in [-0.4, -0.2) is 12.7 Å². The van der Waals surface area contributed by atoms with Gasteiger partial charge < -0.3 is 9.47 Å². The fourth-order valence-corrected chi connectivity index (χ4v) is 3.20. The van der Waals surface area contributed by atoms with Gasteiger partial charge in [0.1, 0.15) is 12.0 Å². The lowest BCUT2D eigenvalue weighted by Crippen LogP contribution is -2.32. The number of fused-ring (bicyclic) bond motifs is 1. The van der Waals surface area contributed by atoms with E-state index in [9.17, 15) is 0 Å². The van der Waals surface area contributed by atoms with Crippen LogP contribution in [0.2, 0.25) is 0 Å². The fraction of sp³-hybridized carbons (Fsp3) is 0.286. The minimum atomic E-state index is -0.169. The topological polar surface area (TPSA) is 18.5 Å². The van der Waals surface area contributed by atoms with Crippen LogP contribution in [-0.2, 0) is 0 Å². The number of benzene rings is 1. The Morgan fingerprint density at radius 3 is 2.72 bits per heavy atom. The lowest BCUT2D eigenvalue weighted by Gasteiger charge is -2.28. The number of rotatable bonds is 2. The van der Waals surface area contributed by atoms with Crippen molar-refractivity contribution in [1.82, 2.24) is 0 Å². The standard InChI is InChI=1S/C14H13ClO2S/c1-9-6-7-13(18-9)14(15)12-8-16-10-4-2-3-5-11(10)17-12/h2-7,12,14H,8H2,1H3. The molecule has 0 radical (unpaired) electrons. The van der Waals surface area contributed by atoms with Crippen molar-refractivity contribution in [1.29, 1.82) is 0 Å². The van der Waals surface area contributed by atoms with E-state index in [0.29, 0.717) is 6.61 Å². The van der Waals surface area contributed by atoms with Gasteiger partial charge in [-0.2, -0.15) is 0 Å². The summed E-state index contributed by atoms with van der Waals surface area (Å²) in [5, 5.41) is -0.169. The van der Waals surface area contributed by atoms with Crippen LogP contribution in [0.4, 0.5) is 0 Å². The van der Waals surface area contributed by atoms with Gasteiger partial charge in [-0.25, -0.2) is 0 Å². The Morgan fingerprint density at radius 1 is 1.22 bits per heavy atom. The molecule has 94 valence electrons. The minimum absolute atomic E-state index is 0.139. The zero-order chi connectivity index (χ0) is 12.5. The second kappa shape index (κ2) is 4.82. The molecule has 1 aliphatic heterocycles. The van der Waals surface area contributed by atoms with Crippen molar-refractivity contribution in [3.05, 3.63) is 46.2 Å². The van der Waals surface area contributed by atoms with Crippen molar-refractivity contribution in [3.8, 4) is 11.5 Å². The third-order valence-corrected chi connectivity index (χ3v) is 4.62. The Hall–Kier alpha value is -1.19. The largest absolute Gasteiger partial charge is 0.486 e. The van der Waals surface area contributed by atoms with E-state index in [0.717, 1.165) is 16.4 Å². The first-order valence-electron chi connectivity index (χ1n) is 5.83. The summed E-state index contributed by atoms with van der Waals surface area (Å²) in [6, 6.07) is 11.8. The summed E-state index contributed by atoms with van der Waals surface area (Å²) in [6.45, 7) is 2.56. The maximum Gasteiger partial charge on any atom is 0.161 e. The third-order valence-electron chi connectivity index (χ3n) is 2.89. The maximum absolute atomic E-state index is 6.47. The van der Waals surface area contributed by atoms with Crippen LogP contribution in [0.1, 0.15) is 15.1 Å². The van der Waals surface area contributed by atoms with Gasteiger partial charge in [0.2, 0.25) is 0 Å². The second-order valence-corrected chi connectivity index (χ2v) is 6.05. The van der Waals surface area contributed by atoms with Crippen LogP contribution in [0.3, 0.4) is 0 Å². The van der Waals surface area contributed by atoms with E-state index in [1.807, 2.05) is 24.3 Å². The smallest absolute Gasteiger partial charge is 0.161 e. The molecule has 18 heavy (non-hydrogen) atoms. The van der Waals surface area contributed by atoms with E-state index in [1.54, 1.807) is 11.3 Å². The first-order valence-corrected chi connectivity index (χ1v) is 7.08. The lowest BCUT2D eigenvalue weighted by atomic mass is 10.2. The Bertz CT molecular complexity index is 552. The van der Waals surface area contributed by atoms with Crippen LogP contribution < -0.4 is 9.47 Å². The minimum Gasteiger partial charge on any atom is -0.486 e. The summed E-state index contributed by atoms with van der Waals surface area (Å²) >= 11 is 8.17. The molecule has 2 heterocycles. The Balaban J connectivity index is 1.79. The molecule has 0 saturated heterocycles. The predicted molar refractivity (Wildman–Crippen MR) is 74.0 cm³/mol. The van der Waals surface area contributed by atoms with Gasteiger partial charge >= 0.3 is 0 Å². The monoisotopic (exact) mass is 280 g/mol. The summed E-state index contributed by atoms with van der Waals surface area (Å²) in [7, 11) is 0. The molecule has 3 rings (SSSR count). The zero-order valence-corrected chi connectivity index (χ0v) is 11.5. The quantitative estimate of drug-likeness (QED) is 0.769. The summed E-state index contributed by atoms with van der Waals surface area (Å²) in [5.41, 5.74) is 0. The van der Waals surface area contributed by atoms with Gasteiger partial charge in [0.15, 0.2) is 17.6 Å². The van der Waals surface area contributed by atoms with Gasteiger partial charge in [-0.1, -0.05) is 12.1 Å². The zero-order valence-electron chi connectivity index (χ0n) is 9.93. The van der Waals surface area contributed by atoms with Gasteiger partial charge in [-0.05, 0) is 31.2 Å². The molecular weight excluding hydrogens is 268 g/mol. The Kier molecular flexibility index (Phi) is 3.18. The molecule has 0 fully saturated rings. The highest BCUT2D eigenvalue weighted by atomic mass is 35.5. The number of thiophene rings is 1. The second-order valence-electron chi connectivity index (χ2n) is 4.26. The van der Waals surface area contributed by atoms with Crippen LogP contribution >= 0.6 is 22.9 Å². The van der Waals surface area contributed by atoms with Crippen LogP contribution in [0.25, 0.3) is 0 Å². The van der Waals surface area contributed by atoms with E-state index in [4.69, 9.17) is 21.1 Å². The van der Waals surface area contributed by atoms with E-state index in [-0.39, 0.29) is 11.5 Å². The molecule has 0 aliphatic carbocycles. The van der Waals surface area contributed by atoms with Crippen molar-refractivity contribution in [2.45, 2.75) is 18.4 Å². The summed E-state index contributed by atoms with van der Waals surface area (Å²) in [4.78, 5) is 2.38. The summed E-state index contributed by atoms with van der Waals surface area (Å²) < 4.78 is 11.6. The van der Waals surface area contributed by atoms with Crippen molar-refractivity contribution in [2.75, 3.05) is 6.61 Å². The van der Waals surface area contributed by atoms with Gasteiger partial charge in [-0.3, -0.25) is 0 Å². The molecule has 1 aliphatic rings. The van der Waals surface area contributed by atoms with Crippen molar-refractivity contribution < 1.29 is 9.47 Å². The average molecular weight is 281 g/mol. The molecule has 0 spiro atoms. The summed E-state index contributed by atoms with van der Waals surface area (Å²) in [6.07, 6.45) is -0.139. The highest BCUT2D eigenvalue weighted by Gasteiger charge is 2.29. The molecule has 0 bridgehead atoms. The third kappa shape index (κ3) is 2.20. The number of ether oxygens (including phenoxy) is 2. The predicted octanol–water partition coefficient (Wildman–Crippen LogP) is 4.18. The summed E-state index contributed by atoms with van der Waals surface area (Å²) in [5.74, 6) is 1.56. The molecule has 1 aromatic carbocycles. The first kappa shape index (κ1) is 11.9. The fourth-order valence-electron chi connectivity index (χ4n) is 1.96. The normalized spacial score (nSPS) is 19.6. The first-order chi connectivity index (χ1) is 8.74. The molecule has 1 aromatic heterocycles. The number of alkyl halides is 1. The lowest BCUT2D eigenvalue weighted by molar-refractivity contribution is 0.0883. The SMILES string of the molecule is Cc1ccc(C(Cl)C2COc3ccccc3O2)s1. The molecule has 0 amide bonds. The van der Waals surface area contributed by atoms with Crippen molar-refractivity contribution >= 4 is 22.9 Å². The molecule has 0 saturated carbocycles. The van der Waals surface area contributed by atoms with E-state index in [1.165, 1.54) is 4.88 Å². The van der Waals surface area contributed by atoms with Crippen LogP contribution in [0.5, 0.6) is 11.5 Å². The molecule has 2 unspecified atom stereocenters. The number of hydrogen-bond donors (Lipinski definition) is 0. The van der Waals surface area contributed by atoms with E-state index in [2.05, 4.69) is 19.1 Å². The van der Waals surface area contributed by atoms with Crippen molar-refractivity contribution in [2.24, 2.45) is 0 Å². The average Bonchev–Trinajstić information content (AvgIpc) is 2.84. The molecule has 2 nitrogen and oxygen atoms in total. The number of halogens is 1. The van der Waals surface area contributed by atoms with Crippen molar-refractivity contribution in [3.63, 3.8) is 0 Å².